The van der Waals surface area contributed by atoms with Crippen molar-refractivity contribution >= 4 is 0 Å². The van der Waals surface area contributed by atoms with Crippen LogP contribution in [0.15, 0.2) is 30.3 Å². The third kappa shape index (κ3) is 4.54. The summed E-state index contributed by atoms with van der Waals surface area (Å²) in [7, 11) is 0. The molecule has 0 spiro atoms. The summed E-state index contributed by atoms with van der Waals surface area (Å²) in [5, 5.41) is 13.8. The zero-order chi connectivity index (χ0) is 16.0. The number of aliphatic hydroxyl groups is 1. The van der Waals surface area contributed by atoms with Crippen molar-refractivity contribution in [3.63, 3.8) is 0 Å². The summed E-state index contributed by atoms with van der Waals surface area (Å²) >= 11 is 0. The number of hydrogen-bond donors (Lipinski definition) is 2. The highest BCUT2D eigenvalue weighted by Gasteiger charge is 2.35. The van der Waals surface area contributed by atoms with Crippen LogP contribution in [0, 0.1) is 0 Å². The van der Waals surface area contributed by atoms with Gasteiger partial charge in [0.15, 0.2) is 0 Å². The summed E-state index contributed by atoms with van der Waals surface area (Å²) in [5.41, 5.74) is 1.36. The Morgan fingerprint density at radius 3 is 2.70 bits per heavy atom. The second-order valence-corrected chi connectivity index (χ2v) is 6.86. The average Bonchev–Trinajstić information content (AvgIpc) is 3.26. The number of benzene rings is 1. The maximum Gasteiger partial charge on any atom is 0.0897 e. The van der Waals surface area contributed by atoms with Crippen molar-refractivity contribution in [1.29, 1.82) is 0 Å². The van der Waals surface area contributed by atoms with Crippen LogP contribution in [0.5, 0.6) is 0 Å². The number of nitrogens with one attached hydrogen (secondary N) is 1. The van der Waals surface area contributed by atoms with Gasteiger partial charge in [0.1, 0.15) is 0 Å². The fraction of sp³-hybridized carbons (Fsp3) is 0.684. The molecule has 2 unspecified atom stereocenters. The van der Waals surface area contributed by atoms with E-state index < -0.39 is 6.10 Å². The van der Waals surface area contributed by atoms with Crippen LogP contribution in [0.2, 0.25) is 0 Å². The predicted octanol–water partition coefficient (Wildman–Crippen LogP) is 2.60. The molecule has 3 rings (SSSR count). The van der Waals surface area contributed by atoms with E-state index in [9.17, 15) is 5.11 Å². The van der Waals surface area contributed by atoms with Gasteiger partial charge in [-0.3, -0.25) is 0 Å². The Morgan fingerprint density at radius 2 is 2.00 bits per heavy atom. The molecule has 1 aromatic rings. The van der Waals surface area contributed by atoms with Gasteiger partial charge < -0.3 is 19.9 Å². The number of hydrogen-bond acceptors (Lipinski definition) is 4. The quantitative estimate of drug-likeness (QED) is 0.773. The standard InChI is InChI=1S/C19H29NO3/c21-17(14-22-15-18-9-6-12-23-18)13-20-19(10-4-5-11-19)16-7-2-1-3-8-16/h1-3,7-8,17-18,20-21H,4-6,9-15H2. The SMILES string of the molecule is OC(CNC1(c2ccccc2)CCCC1)COCC1CCCO1. The van der Waals surface area contributed by atoms with Crippen molar-refractivity contribution in [2.24, 2.45) is 0 Å². The first-order valence-electron chi connectivity index (χ1n) is 8.96. The van der Waals surface area contributed by atoms with Gasteiger partial charge in [0.2, 0.25) is 0 Å². The Kier molecular flexibility index (Phi) is 6.06. The van der Waals surface area contributed by atoms with Gasteiger partial charge in [0.05, 0.1) is 25.4 Å². The molecule has 2 aliphatic rings. The van der Waals surface area contributed by atoms with Crippen LogP contribution in [-0.2, 0) is 15.0 Å². The van der Waals surface area contributed by atoms with Crippen LogP contribution >= 0.6 is 0 Å². The van der Waals surface area contributed by atoms with Gasteiger partial charge in [0.25, 0.3) is 0 Å². The lowest BCUT2D eigenvalue weighted by Gasteiger charge is -2.32. The van der Waals surface area contributed by atoms with Crippen molar-refractivity contribution < 1.29 is 14.6 Å². The van der Waals surface area contributed by atoms with Gasteiger partial charge in [-0.25, -0.2) is 0 Å². The molecule has 1 saturated heterocycles. The molecule has 2 N–H and O–H groups in total. The molecule has 0 amide bonds. The number of aliphatic hydroxyl groups excluding tert-OH is 1. The molecule has 2 atom stereocenters. The van der Waals surface area contributed by atoms with E-state index >= 15 is 0 Å². The van der Waals surface area contributed by atoms with Crippen molar-refractivity contribution in [2.45, 2.75) is 56.3 Å². The lowest BCUT2D eigenvalue weighted by molar-refractivity contribution is -0.0181. The van der Waals surface area contributed by atoms with Crippen LogP contribution in [0.25, 0.3) is 0 Å². The van der Waals surface area contributed by atoms with Crippen molar-refractivity contribution in [3.8, 4) is 0 Å². The van der Waals surface area contributed by atoms with Gasteiger partial charge in [-0.2, -0.15) is 0 Å². The van der Waals surface area contributed by atoms with Gasteiger partial charge >= 0.3 is 0 Å². The molecule has 23 heavy (non-hydrogen) atoms. The molecule has 1 aliphatic heterocycles. The Morgan fingerprint density at radius 1 is 1.22 bits per heavy atom. The maximum atomic E-state index is 10.2. The molecular formula is C19H29NO3. The summed E-state index contributed by atoms with van der Waals surface area (Å²) in [6.45, 7) is 2.39. The molecule has 0 bridgehead atoms. The van der Waals surface area contributed by atoms with Crippen LogP contribution in [0.3, 0.4) is 0 Å². The second kappa shape index (κ2) is 8.25. The molecule has 4 heteroatoms. The second-order valence-electron chi connectivity index (χ2n) is 6.86. The average molecular weight is 319 g/mol. The minimum atomic E-state index is -0.474. The molecule has 1 heterocycles. The topological polar surface area (TPSA) is 50.7 Å². The van der Waals surface area contributed by atoms with E-state index in [1.807, 2.05) is 0 Å². The van der Waals surface area contributed by atoms with E-state index in [4.69, 9.17) is 9.47 Å². The van der Waals surface area contributed by atoms with E-state index in [1.165, 1.54) is 18.4 Å². The van der Waals surface area contributed by atoms with Gasteiger partial charge in [-0.15, -0.1) is 0 Å². The molecule has 2 fully saturated rings. The lowest BCUT2D eigenvalue weighted by Crippen LogP contribution is -2.44. The Hall–Kier alpha value is -0.940. The van der Waals surface area contributed by atoms with E-state index in [1.54, 1.807) is 0 Å². The smallest absolute Gasteiger partial charge is 0.0897 e. The maximum absolute atomic E-state index is 10.2. The van der Waals surface area contributed by atoms with Crippen LogP contribution in [0.4, 0.5) is 0 Å². The Balaban J connectivity index is 1.45. The van der Waals surface area contributed by atoms with Crippen molar-refractivity contribution in [2.75, 3.05) is 26.4 Å². The fourth-order valence-corrected chi connectivity index (χ4v) is 3.79. The first-order chi connectivity index (χ1) is 11.3. The first-order valence-corrected chi connectivity index (χ1v) is 8.96. The van der Waals surface area contributed by atoms with Gasteiger partial charge in [-0.1, -0.05) is 43.2 Å². The van der Waals surface area contributed by atoms with E-state index in [2.05, 4.69) is 35.6 Å². The monoisotopic (exact) mass is 319 g/mol. The van der Waals surface area contributed by atoms with Crippen molar-refractivity contribution in [3.05, 3.63) is 35.9 Å². The summed E-state index contributed by atoms with van der Waals surface area (Å²) in [6, 6.07) is 10.6. The normalized spacial score (nSPS) is 24.8. The van der Waals surface area contributed by atoms with Gasteiger partial charge in [-0.05, 0) is 31.2 Å². The zero-order valence-corrected chi connectivity index (χ0v) is 13.9. The first kappa shape index (κ1) is 16.9. The Bertz CT molecular complexity index is 453. The lowest BCUT2D eigenvalue weighted by atomic mass is 9.88. The molecule has 128 valence electrons. The minimum absolute atomic E-state index is 0.0246. The van der Waals surface area contributed by atoms with Crippen LogP contribution in [0.1, 0.15) is 44.1 Å². The highest BCUT2D eigenvalue weighted by molar-refractivity contribution is 5.25. The van der Waals surface area contributed by atoms with Crippen molar-refractivity contribution in [1.82, 2.24) is 5.32 Å². The third-order valence-electron chi connectivity index (χ3n) is 5.10. The number of rotatable bonds is 8. The molecular weight excluding hydrogens is 290 g/mol. The fourth-order valence-electron chi connectivity index (χ4n) is 3.79. The molecule has 4 nitrogen and oxygen atoms in total. The van der Waals surface area contributed by atoms with Crippen LogP contribution in [-0.4, -0.2) is 43.7 Å². The molecule has 1 aromatic carbocycles. The summed E-state index contributed by atoms with van der Waals surface area (Å²) in [6.07, 6.45) is 6.71. The largest absolute Gasteiger partial charge is 0.389 e. The zero-order valence-electron chi connectivity index (χ0n) is 13.9. The highest BCUT2D eigenvalue weighted by atomic mass is 16.5. The molecule has 0 aromatic heterocycles. The highest BCUT2D eigenvalue weighted by Crippen LogP contribution is 2.38. The number of ether oxygens (including phenoxy) is 2. The molecule has 1 aliphatic carbocycles. The van der Waals surface area contributed by atoms with Crippen LogP contribution < -0.4 is 5.32 Å². The molecule has 1 saturated carbocycles. The van der Waals surface area contributed by atoms with E-state index in [0.717, 1.165) is 32.3 Å². The van der Waals surface area contributed by atoms with E-state index in [0.29, 0.717) is 19.8 Å². The Labute approximate surface area is 139 Å². The van der Waals surface area contributed by atoms with Gasteiger partial charge in [0, 0.05) is 18.7 Å². The van der Waals surface area contributed by atoms with E-state index in [-0.39, 0.29) is 11.6 Å². The minimum Gasteiger partial charge on any atom is -0.389 e. The summed E-state index contributed by atoms with van der Waals surface area (Å²) in [4.78, 5) is 0. The summed E-state index contributed by atoms with van der Waals surface area (Å²) < 4.78 is 11.1. The predicted molar refractivity (Wildman–Crippen MR) is 90.4 cm³/mol. The third-order valence-corrected chi connectivity index (χ3v) is 5.10. The summed E-state index contributed by atoms with van der Waals surface area (Å²) in [5.74, 6) is 0. The molecule has 0 radical (unpaired) electrons.